The Labute approximate surface area is 61.0 Å². The van der Waals surface area contributed by atoms with Crippen molar-refractivity contribution in [1.29, 1.82) is 0 Å². The van der Waals surface area contributed by atoms with Crippen LogP contribution in [-0.4, -0.2) is 33.2 Å². The number of phosphoric acid groups is 1. The number of rotatable bonds is 2. The fourth-order valence-electron chi connectivity index (χ4n) is 0.0745. The highest BCUT2D eigenvalue weighted by molar-refractivity contribution is 7.47. The van der Waals surface area contributed by atoms with Crippen LogP contribution in [-0.2, 0) is 13.6 Å². The normalized spacial score (nSPS) is 10.1. The predicted octanol–water partition coefficient (Wildman–Crippen LogP) is 0.215. The maximum Gasteiger partial charge on any atom is 0.471 e. The van der Waals surface area contributed by atoms with Gasteiger partial charge in [0, 0.05) is 14.2 Å². The number of hydrogen-bond acceptors (Lipinski definition) is 4. The van der Waals surface area contributed by atoms with Crippen LogP contribution in [0.4, 0.5) is 0 Å². The molecule has 0 fully saturated rings. The first-order valence-electron chi connectivity index (χ1n) is 2.56. The summed E-state index contributed by atoms with van der Waals surface area (Å²) in [4.78, 5) is 8.24. The Hall–Kier alpha value is 0.0700. The average molecular weight is 171 g/mol. The van der Waals surface area contributed by atoms with Crippen molar-refractivity contribution >= 4 is 7.82 Å². The highest BCUT2D eigenvalue weighted by atomic mass is 31.2. The summed E-state index contributed by atoms with van der Waals surface area (Å²) < 4.78 is 18.0. The van der Waals surface area contributed by atoms with Gasteiger partial charge < -0.3 is 10.2 Å². The lowest BCUT2D eigenvalue weighted by Gasteiger charge is -2.01. The monoisotopic (exact) mass is 171 g/mol. The Morgan fingerprint density at radius 2 is 1.50 bits per heavy atom. The van der Waals surface area contributed by atoms with Crippen LogP contribution in [0, 0.1) is 0 Å². The van der Waals surface area contributed by atoms with E-state index in [1.165, 1.54) is 0 Å². The first-order valence-corrected chi connectivity index (χ1v) is 4.06. The lowest BCUT2D eigenvalue weighted by Crippen LogP contribution is -1.89. The molecule has 5 nitrogen and oxygen atoms in total. The molecule has 0 spiro atoms. The molecule has 0 radical (unpaired) electrons. The standard InChI is InChI=1S/C2H7N.C2H7O4P/c1-3-2;1-5-7(3,4)6-2/h3H,1-2H3;1-2H3,(H,3,4). The minimum Gasteiger partial charge on any atom is -0.323 e. The molecule has 0 saturated heterocycles. The number of nitrogens with one attached hydrogen (secondary N) is 1. The van der Waals surface area contributed by atoms with Gasteiger partial charge in [0.25, 0.3) is 0 Å². The fourth-order valence-corrected chi connectivity index (χ4v) is 0.224. The van der Waals surface area contributed by atoms with Gasteiger partial charge in [0.05, 0.1) is 0 Å². The third-order valence-electron chi connectivity index (χ3n) is 0.461. The van der Waals surface area contributed by atoms with E-state index in [-0.39, 0.29) is 0 Å². The molecule has 0 unspecified atom stereocenters. The zero-order chi connectivity index (χ0) is 8.62. The van der Waals surface area contributed by atoms with E-state index >= 15 is 0 Å². The fraction of sp³-hybridized carbons (Fsp3) is 1.00. The summed E-state index contributed by atoms with van der Waals surface area (Å²) in [6, 6.07) is 0. The van der Waals surface area contributed by atoms with Crippen molar-refractivity contribution < 1.29 is 18.5 Å². The predicted molar refractivity (Wildman–Crippen MR) is 38.8 cm³/mol. The van der Waals surface area contributed by atoms with E-state index in [0.717, 1.165) is 14.2 Å². The van der Waals surface area contributed by atoms with E-state index in [1.54, 1.807) is 0 Å². The van der Waals surface area contributed by atoms with Crippen LogP contribution >= 0.6 is 7.82 Å². The second-order valence-electron chi connectivity index (χ2n) is 1.33. The highest BCUT2D eigenvalue weighted by Gasteiger charge is 2.13. The minimum absolute atomic E-state index is 1.10. The Kier molecular flexibility index (Phi) is 9.13. The van der Waals surface area contributed by atoms with E-state index in [9.17, 15) is 4.57 Å². The van der Waals surface area contributed by atoms with Crippen molar-refractivity contribution in [2.45, 2.75) is 0 Å². The van der Waals surface area contributed by atoms with Crippen LogP contribution < -0.4 is 5.32 Å². The summed E-state index contributed by atoms with van der Waals surface area (Å²) in [5.41, 5.74) is 0. The Balaban J connectivity index is 0. The molecule has 0 amide bonds. The molecule has 0 atom stereocenters. The third-order valence-corrected chi connectivity index (χ3v) is 1.38. The molecule has 0 aliphatic heterocycles. The quantitative estimate of drug-likeness (QED) is 0.581. The molecule has 10 heavy (non-hydrogen) atoms. The van der Waals surface area contributed by atoms with E-state index in [0.29, 0.717) is 0 Å². The average Bonchev–Trinajstić information content (AvgIpc) is 1.90. The van der Waals surface area contributed by atoms with Crippen molar-refractivity contribution in [1.82, 2.24) is 5.32 Å². The molecule has 6 heteroatoms. The maximum absolute atomic E-state index is 10.1. The molecule has 0 bridgehead atoms. The Bertz CT molecular complexity index is 99.4. The van der Waals surface area contributed by atoms with Gasteiger partial charge in [-0.05, 0) is 14.1 Å². The summed E-state index contributed by atoms with van der Waals surface area (Å²) in [6.45, 7) is 0. The van der Waals surface area contributed by atoms with Gasteiger partial charge in [-0.3, -0.25) is 9.05 Å². The molecule has 0 aromatic rings. The molecule has 0 saturated carbocycles. The van der Waals surface area contributed by atoms with Crippen molar-refractivity contribution in [3.8, 4) is 0 Å². The smallest absolute Gasteiger partial charge is 0.323 e. The largest absolute Gasteiger partial charge is 0.471 e. The van der Waals surface area contributed by atoms with Gasteiger partial charge in [0.1, 0.15) is 0 Å². The van der Waals surface area contributed by atoms with Crippen LogP contribution in [0.3, 0.4) is 0 Å². The van der Waals surface area contributed by atoms with Crippen molar-refractivity contribution in [3.05, 3.63) is 0 Å². The molecular formula is C4H14NO4P. The lowest BCUT2D eigenvalue weighted by molar-refractivity contribution is 0.204. The second-order valence-corrected chi connectivity index (χ2v) is 3.00. The summed E-state index contributed by atoms with van der Waals surface area (Å²) in [5.74, 6) is 0. The summed E-state index contributed by atoms with van der Waals surface area (Å²) >= 11 is 0. The molecule has 64 valence electrons. The van der Waals surface area contributed by atoms with Crippen molar-refractivity contribution in [3.63, 3.8) is 0 Å². The molecule has 0 aromatic heterocycles. The van der Waals surface area contributed by atoms with Crippen molar-refractivity contribution in [2.24, 2.45) is 0 Å². The van der Waals surface area contributed by atoms with Gasteiger partial charge in [-0.1, -0.05) is 0 Å². The van der Waals surface area contributed by atoms with Gasteiger partial charge in [0.15, 0.2) is 0 Å². The first-order chi connectivity index (χ1) is 4.54. The summed E-state index contributed by atoms with van der Waals surface area (Å²) in [6.07, 6.45) is 0. The van der Waals surface area contributed by atoms with E-state index in [2.05, 4.69) is 14.4 Å². The molecule has 0 heterocycles. The SMILES string of the molecule is CNC.COP(=O)(O)OC. The van der Waals surface area contributed by atoms with Crippen LogP contribution in [0.15, 0.2) is 0 Å². The zero-order valence-corrected chi connectivity index (χ0v) is 7.51. The lowest BCUT2D eigenvalue weighted by atomic mass is 11.3. The Morgan fingerprint density at radius 3 is 1.50 bits per heavy atom. The molecule has 2 N–H and O–H groups in total. The first kappa shape index (κ1) is 12.7. The molecular weight excluding hydrogens is 157 g/mol. The highest BCUT2D eigenvalue weighted by Crippen LogP contribution is 2.40. The van der Waals surface area contributed by atoms with Gasteiger partial charge in [-0.15, -0.1) is 0 Å². The van der Waals surface area contributed by atoms with Gasteiger partial charge in [0.2, 0.25) is 0 Å². The second kappa shape index (κ2) is 7.18. The topological polar surface area (TPSA) is 67.8 Å². The van der Waals surface area contributed by atoms with Crippen molar-refractivity contribution in [2.75, 3.05) is 28.3 Å². The number of phosphoric ester groups is 1. The summed E-state index contributed by atoms with van der Waals surface area (Å²) in [7, 11) is 2.30. The van der Waals surface area contributed by atoms with Gasteiger partial charge in [-0.2, -0.15) is 0 Å². The van der Waals surface area contributed by atoms with Gasteiger partial charge in [-0.25, -0.2) is 4.57 Å². The van der Waals surface area contributed by atoms with E-state index in [4.69, 9.17) is 4.89 Å². The Morgan fingerprint density at radius 1 is 1.30 bits per heavy atom. The molecule has 0 aromatic carbocycles. The van der Waals surface area contributed by atoms with Crippen LogP contribution in [0.2, 0.25) is 0 Å². The van der Waals surface area contributed by atoms with E-state index in [1.807, 2.05) is 14.1 Å². The van der Waals surface area contributed by atoms with Crippen LogP contribution in [0.1, 0.15) is 0 Å². The number of hydrogen-bond donors (Lipinski definition) is 2. The van der Waals surface area contributed by atoms with E-state index < -0.39 is 7.82 Å². The van der Waals surface area contributed by atoms with Crippen LogP contribution in [0.5, 0.6) is 0 Å². The zero-order valence-electron chi connectivity index (χ0n) is 6.62. The summed E-state index contributed by atoms with van der Waals surface area (Å²) in [5, 5.41) is 2.75. The van der Waals surface area contributed by atoms with Gasteiger partial charge >= 0.3 is 7.82 Å². The van der Waals surface area contributed by atoms with Crippen LogP contribution in [0.25, 0.3) is 0 Å². The molecule has 0 aliphatic carbocycles. The molecule has 0 aliphatic rings. The maximum atomic E-state index is 10.1. The molecule has 0 rings (SSSR count). The minimum atomic E-state index is -3.65. The third kappa shape index (κ3) is 10.9.